The van der Waals surface area contributed by atoms with Crippen molar-refractivity contribution < 1.29 is 19.1 Å². The zero-order valence-corrected chi connectivity index (χ0v) is 16.3. The molecule has 27 heavy (non-hydrogen) atoms. The third-order valence-electron chi connectivity index (χ3n) is 4.03. The van der Waals surface area contributed by atoms with Crippen LogP contribution in [-0.4, -0.2) is 24.6 Å². The summed E-state index contributed by atoms with van der Waals surface area (Å²) >= 11 is 0. The highest BCUT2D eigenvalue weighted by atomic mass is 16.5. The average Bonchev–Trinajstić information content (AvgIpc) is 2.66. The number of benzene rings is 2. The number of ether oxygens (including phenoxy) is 2. The van der Waals surface area contributed by atoms with Gasteiger partial charge in [-0.2, -0.15) is 0 Å². The van der Waals surface area contributed by atoms with Crippen molar-refractivity contribution in [3.05, 3.63) is 59.7 Å². The van der Waals surface area contributed by atoms with Gasteiger partial charge >= 0.3 is 5.97 Å². The summed E-state index contributed by atoms with van der Waals surface area (Å²) in [6.07, 6.45) is 0.0837. The van der Waals surface area contributed by atoms with Crippen LogP contribution in [-0.2, 0) is 9.53 Å². The Labute approximate surface area is 160 Å². The van der Waals surface area contributed by atoms with Crippen molar-refractivity contribution in [2.75, 3.05) is 11.9 Å². The van der Waals surface area contributed by atoms with Crippen LogP contribution in [0.4, 0.5) is 5.69 Å². The minimum absolute atomic E-state index is 0.290. The summed E-state index contributed by atoms with van der Waals surface area (Å²) in [5.74, 6) is 0.388. The van der Waals surface area contributed by atoms with Crippen LogP contribution in [0.3, 0.4) is 0 Å². The first-order valence-electron chi connectivity index (χ1n) is 9.25. The Morgan fingerprint density at radius 2 is 1.74 bits per heavy atom. The van der Waals surface area contributed by atoms with Crippen LogP contribution in [0, 0.1) is 0 Å². The molecule has 5 heteroatoms. The maximum absolute atomic E-state index is 12.4. The second kappa shape index (κ2) is 9.76. The van der Waals surface area contributed by atoms with Gasteiger partial charge in [-0.3, -0.25) is 4.79 Å². The molecule has 2 rings (SSSR count). The molecule has 1 N–H and O–H groups in total. The van der Waals surface area contributed by atoms with Gasteiger partial charge in [-0.25, -0.2) is 4.79 Å². The number of hydrogen-bond donors (Lipinski definition) is 1. The Morgan fingerprint density at radius 1 is 1.04 bits per heavy atom. The van der Waals surface area contributed by atoms with Crippen LogP contribution in [0.15, 0.2) is 48.5 Å². The molecule has 1 atom stereocenters. The summed E-state index contributed by atoms with van der Waals surface area (Å²) in [6.45, 7) is 8.23. The van der Waals surface area contributed by atoms with E-state index in [9.17, 15) is 9.59 Å². The number of rotatable bonds is 8. The largest absolute Gasteiger partial charge is 0.481 e. The van der Waals surface area contributed by atoms with Crippen LogP contribution < -0.4 is 10.1 Å². The third-order valence-corrected chi connectivity index (χ3v) is 4.03. The van der Waals surface area contributed by atoms with Crippen molar-refractivity contribution in [3.8, 4) is 5.75 Å². The summed E-state index contributed by atoms with van der Waals surface area (Å²) < 4.78 is 10.8. The molecular formula is C22H27NO4. The standard InChI is InChI=1S/C22H27NO4/c1-5-13-26-22(25)18-7-6-8-19(14-18)23-21(24)16(4)27-20-11-9-17(10-12-20)15(2)3/h6-12,14-16H,5,13H2,1-4H3,(H,23,24). The van der Waals surface area contributed by atoms with Gasteiger partial charge in [0.15, 0.2) is 6.10 Å². The van der Waals surface area contributed by atoms with E-state index in [0.29, 0.717) is 29.5 Å². The molecule has 0 radical (unpaired) electrons. The van der Waals surface area contributed by atoms with Crippen molar-refractivity contribution in [2.24, 2.45) is 0 Å². The molecule has 2 aromatic rings. The molecule has 0 aliphatic heterocycles. The molecule has 5 nitrogen and oxygen atoms in total. The second-order valence-corrected chi connectivity index (χ2v) is 6.69. The van der Waals surface area contributed by atoms with Gasteiger partial charge in [0.2, 0.25) is 0 Å². The predicted molar refractivity (Wildman–Crippen MR) is 106 cm³/mol. The minimum Gasteiger partial charge on any atom is -0.481 e. The average molecular weight is 369 g/mol. The van der Waals surface area contributed by atoms with Gasteiger partial charge in [0, 0.05) is 5.69 Å². The topological polar surface area (TPSA) is 64.6 Å². The second-order valence-electron chi connectivity index (χ2n) is 6.69. The molecule has 0 spiro atoms. The van der Waals surface area contributed by atoms with E-state index in [2.05, 4.69) is 19.2 Å². The molecule has 0 fully saturated rings. The maximum atomic E-state index is 12.4. The maximum Gasteiger partial charge on any atom is 0.338 e. The molecule has 0 saturated carbocycles. The Kier molecular flexibility index (Phi) is 7.41. The lowest BCUT2D eigenvalue weighted by Crippen LogP contribution is -2.30. The number of carbonyl (C=O) groups is 2. The quantitative estimate of drug-likeness (QED) is 0.680. The van der Waals surface area contributed by atoms with E-state index in [1.807, 2.05) is 31.2 Å². The number of carbonyl (C=O) groups excluding carboxylic acids is 2. The van der Waals surface area contributed by atoms with E-state index in [0.717, 1.165) is 6.42 Å². The Bertz CT molecular complexity index is 768. The van der Waals surface area contributed by atoms with E-state index >= 15 is 0 Å². The van der Waals surface area contributed by atoms with Crippen LogP contribution in [0.1, 0.15) is 56.0 Å². The zero-order chi connectivity index (χ0) is 19.8. The molecule has 1 unspecified atom stereocenters. The predicted octanol–water partition coefficient (Wildman–Crippen LogP) is 4.78. The number of anilines is 1. The first-order valence-corrected chi connectivity index (χ1v) is 9.25. The molecular weight excluding hydrogens is 342 g/mol. The van der Waals surface area contributed by atoms with E-state index in [-0.39, 0.29) is 5.91 Å². The number of esters is 1. The van der Waals surface area contributed by atoms with E-state index in [1.54, 1.807) is 31.2 Å². The molecule has 0 heterocycles. The van der Waals surface area contributed by atoms with Crippen molar-refractivity contribution in [2.45, 2.75) is 46.1 Å². The van der Waals surface area contributed by atoms with Crippen molar-refractivity contribution in [3.63, 3.8) is 0 Å². The molecule has 0 aromatic heterocycles. The molecule has 0 aliphatic rings. The summed E-state index contributed by atoms with van der Waals surface area (Å²) in [5, 5.41) is 2.77. The van der Waals surface area contributed by atoms with E-state index in [4.69, 9.17) is 9.47 Å². The van der Waals surface area contributed by atoms with Crippen LogP contribution in [0.25, 0.3) is 0 Å². The molecule has 1 amide bonds. The fourth-order valence-corrected chi connectivity index (χ4v) is 2.43. The molecule has 144 valence electrons. The van der Waals surface area contributed by atoms with E-state index in [1.165, 1.54) is 5.56 Å². The Morgan fingerprint density at radius 3 is 2.37 bits per heavy atom. The summed E-state index contributed by atoms with van der Waals surface area (Å²) in [5.41, 5.74) is 2.14. The fraction of sp³-hybridized carbons (Fsp3) is 0.364. The highest BCUT2D eigenvalue weighted by molar-refractivity contribution is 5.96. The lowest BCUT2D eigenvalue weighted by Gasteiger charge is -2.16. The van der Waals surface area contributed by atoms with Gasteiger partial charge in [0.1, 0.15) is 5.75 Å². The SMILES string of the molecule is CCCOC(=O)c1cccc(NC(=O)C(C)Oc2ccc(C(C)C)cc2)c1. The highest BCUT2D eigenvalue weighted by Gasteiger charge is 2.16. The van der Waals surface area contributed by atoms with Gasteiger partial charge in [-0.15, -0.1) is 0 Å². The van der Waals surface area contributed by atoms with Crippen LogP contribution in [0.2, 0.25) is 0 Å². The van der Waals surface area contributed by atoms with Gasteiger partial charge in [0.05, 0.1) is 12.2 Å². The molecule has 0 aliphatic carbocycles. The van der Waals surface area contributed by atoms with Crippen LogP contribution >= 0.6 is 0 Å². The molecule has 2 aromatic carbocycles. The lowest BCUT2D eigenvalue weighted by molar-refractivity contribution is -0.122. The first-order chi connectivity index (χ1) is 12.9. The van der Waals surface area contributed by atoms with Gasteiger partial charge in [0.25, 0.3) is 5.91 Å². The lowest BCUT2D eigenvalue weighted by atomic mass is 10.0. The van der Waals surface area contributed by atoms with Gasteiger partial charge in [-0.05, 0) is 55.2 Å². The number of nitrogens with one attached hydrogen (secondary N) is 1. The summed E-state index contributed by atoms with van der Waals surface area (Å²) in [7, 11) is 0. The first kappa shape index (κ1) is 20.5. The summed E-state index contributed by atoms with van der Waals surface area (Å²) in [6, 6.07) is 14.4. The molecule has 0 bridgehead atoms. The number of amides is 1. The Balaban J connectivity index is 1.96. The van der Waals surface area contributed by atoms with Crippen molar-refractivity contribution in [1.82, 2.24) is 0 Å². The fourth-order valence-electron chi connectivity index (χ4n) is 2.43. The minimum atomic E-state index is -0.675. The van der Waals surface area contributed by atoms with Crippen molar-refractivity contribution in [1.29, 1.82) is 0 Å². The van der Waals surface area contributed by atoms with Crippen LogP contribution in [0.5, 0.6) is 5.75 Å². The highest BCUT2D eigenvalue weighted by Crippen LogP contribution is 2.20. The van der Waals surface area contributed by atoms with Crippen molar-refractivity contribution >= 4 is 17.6 Å². The monoisotopic (exact) mass is 369 g/mol. The number of hydrogen-bond acceptors (Lipinski definition) is 4. The summed E-state index contributed by atoms with van der Waals surface area (Å²) in [4.78, 5) is 24.3. The van der Waals surface area contributed by atoms with E-state index < -0.39 is 12.1 Å². The zero-order valence-electron chi connectivity index (χ0n) is 16.3. The van der Waals surface area contributed by atoms with Gasteiger partial charge in [-0.1, -0.05) is 39.0 Å². The third kappa shape index (κ3) is 6.13. The van der Waals surface area contributed by atoms with Gasteiger partial charge < -0.3 is 14.8 Å². The Hall–Kier alpha value is -2.82. The normalized spacial score (nSPS) is 11.7. The smallest absolute Gasteiger partial charge is 0.338 e. The molecule has 0 saturated heterocycles.